The molecule has 3 nitrogen and oxygen atoms in total. The van der Waals surface area contributed by atoms with Crippen molar-refractivity contribution >= 4 is 17.5 Å². The maximum absolute atomic E-state index is 11.8. The summed E-state index contributed by atoms with van der Waals surface area (Å²) < 4.78 is 5.64. The van der Waals surface area contributed by atoms with Crippen molar-refractivity contribution in [1.29, 1.82) is 0 Å². The molecular weight excluding hydrogens is 238 g/mol. The molecule has 1 N–H and O–H groups in total. The van der Waals surface area contributed by atoms with Gasteiger partial charge in [0.05, 0.1) is 0 Å². The van der Waals surface area contributed by atoms with Gasteiger partial charge in [0.1, 0.15) is 5.75 Å². The van der Waals surface area contributed by atoms with Crippen molar-refractivity contribution in [2.45, 2.75) is 38.3 Å². The van der Waals surface area contributed by atoms with Crippen LogP contribution in [0.15, 0.2) is 24.3 Å². The van der Waals surface area contributed by atoms with Gasteiger partial charge in [-0.1, -0.05) is 24.6 Å². The lowest BCUT2D eigenvalue weighted by Gasteiger charge is -2.17. The molecule has 92 valence electrons. The van der Waals surface area contributed by atoms with Crippen LogP contribution < -0.4 is 10.1 Å². The second kappa shape index (κ2) is 5.41. The first-order chi connectivity index (χ1) is 8.19. The molecule has 0 saturated heterocycles. The third-order valence-electron chi connectivity index (χ3n) is 2.66. The van der Waals surface area contributed by atoms with Crippen molar-refractivity contribution in [1.82, 2.24) is 5.32 Å². The molecule has 0 radical (unpaired) electrons. The van der Waals surface area contributed by atoms with Gasteiger partial charge < -0.3 is 10.1 Å². The van der Waals surface area contributed by atoms with Crippen molar-refractivity contribution in [2.75, 3.05) is 0 Å². The van der Waals surface area contributed by atoms with E-state index in [1.807, 2.05) is 13.0 Å². The normalized spacial score (nSPS) is 16.4. The lowest BCUT2D eigenvalue weighted by atomic mass is 10.2. The Bertz CT molecular complexity index is 404. The molecule has 1 fully saturated rings. The number of rotatable bonds is 5. The molecule has 1 amide bonds. The smallest absolute Gasteiger partial charge is 0.261 e. The molecule has 0 heterocycles. The van der Waals surface area contributed by atoms with E-state index in [9.17, 15) is 4.79 Å². The number of carbonyl (C=O) groups excluding carboxylic acids is 1. The van der Waals surface area contributed by atoms with Gasteiger partial charge in [0.2, 0.25) is 0 Å². The molecule has 1 atom stereocenters. The van der Waals surface area contributed by atoms with Gasteiger partial charge >= 0.3 is 0 Å². The molecule has 1 aliphatic carbocycles. The molecule has 1 aromatic rings. The van der Waals surface area contributed by atoms with E-state index in [0.29, 0.717) is 23.2 Å². The average molecular weight is 254 g/mol. The first kappa shape index (κ1) is 12.2. The Morgan fingerprint density at radius 3 is 2.94 bits per heavy atom. The molecule has 1 aromatic carbocycles. The molecule has 1 aliphatic rings. The van der Waals surface area contributed by atoms with Crippen LogP contribution in [0.2, 0.25) is 5.02 Å². The number of amides is 1. The minimum absolute atomic E-state index is 0.0324. The first-order valence-corrected chi connectivity index (χ1v) is 6.29. The zero-order chi connectivity index (χ0) is 12.3. The highest BCUT2D eigenvalue weighted by atomic mass is 35.5. The van der Waals surface area contributed by atoms with Crippen LogP contribution in [0.1, 0.15) is 26.2 Å². The Labute approximate surface area is 106 Å². The minimum Gasteiger partial charge on any atom is -0.481 e. The van der Waals surface area contributed by atoms with Gasteiger partial charge in [-0.05, 0) is 37.5 Å². The third kappa shape index (κ3) is 3.63. The van der Waals surface area contributed by atoms with E-state index in [2.05, 4.69) is 5.32 Å². The van der Waals surface area contributed by atoms with E-state index in [1.165, 1.54) is 0 Å². The molecule has 17 heavy (non-hydrogen) atoms. The molecule has 0 aromatic heterocycles. The Morgan fingerprint density at radius 1 is 1.59 bits per heavy atom. The maximum atomic E-state index is 11.8. The lowest BCUT2D eigenvalue weighted by molar-refractivity contribution is -0.128. The van der Waals surface area contributed by atoms with Gasteiger partial charge in [-0.15, -0.1) is 0 Å². The van der Waals surface area contributed by atoms with E-state index in [4.69, 9.17) is 16.3 Å². The Morgan fingerprint density at radius 2 is 2.35 bits per heavy atom. The van der Waals surface area contributed by atoms with E-state index in [0.717, 1.165) is 12.8 Å². The molecule has 0 bridgehead atoms. The van der Waals surface area contributed by atoms with Crippen LogP contribution in [0.3, 0.4) is 0 Å². The second-order valence-electron chi connectivity index (χ2n) is 4.25. The van der Waals surface area contributed by atoms with Crippen molar-refractivity contribution in [2.24, 2.45) is 0 Å². The topological polar surface area (TPSA) is 38.3 Å². The third-order valence-corrected chi connectivity index (χ3v) is 2.90. The summed E-state index contributed by atoms with van der Waals surface area (Å²) >= 11 is 5.86. The quantitative estimate of drug-likeness (QED) is 0.876. The summed E-state index contributed by atoms with van der Waals surface area (Å²) in [5.74, 6) is 0.602. The molecule has 0 aliphatic heterocycles. The highest BCUT2D eigenvalue weighted by Gasteiger charge is 2.27. The zero-order valence-corrected chi connectivity index (χ0v) is 10.5. The predicted molar refractivity (Wildman–Crippen MR) is 67.3 cm³/mol. The van der Waals surface area contributed by atoms with E-state index in [1.54, 1.807) is 18.2 Å². The number of nitrogens with one attached hydrogen (secondary N) is 1. The minimum atomic E-state index is -0.436. The van der Waals surface area contributed by atoms with Crippen LogP contribution in [0.5, 0.6) is 5.75 Å². The van der Waals surface area contributed by atoms with Crippen molar-refractivity contribution in [3.63, 3.8) is 0 Å². The molecule has 4 heteroatoms. The Hall–Kier alpha value is -1.22. The monoisotopic (exact) mass is 253 g/mol. The van der Waals surface area contributed by atoms with Gasteiger partial charge in [-0.2, -0.15) is 0 Å². The maximum Gasteiger partial charge on any atom is 0.261 e. The first-order valence-electron chi connectivity index (χ1n) is 5.91. The largest absolute Gasteiger partial charge is 0.481 e. The summed E-state index contributed by atoms with van der Waals surface area (Å²) in [5, 5.41) is 3.55. The van der Waals surface area contributed by atoms with Gasteiger partial charge in [0.15, 0.2) is 6.10 Å². The Kier molecular flexibility index (Phi) is 3.89. The van der Waals surface area contributed by atoms with Crippen LogP contribution in [0, 0.1) is 0 Å². The summed E-state index contributed by atoms with van der Waals surface area (Å²) in [5.41, 5.74) is 0. The van der Waals surface area contributed by atoms with Crippen molar-refractivity contribution < 1.29 is 9.53 Å². The van der Waals surface area contributed by atoms with E-state index >= 15 is 0 Å². The SMILES string of the molecule is CC[C@@H](Oc1cccc(Cl)c1)C(=O)NC1CC1. The number of hydrogen-bond donors (Lipinski definition) is 1. The number of halogens is 1. The summed E-state index contributed by atoms with van der Waals surface area (Å²) in [7, 11) is 0. The highest BCUT2D eigenvalue weighted by Crippen LogP contribution is 2.21. The molecule has 0 unspecified atom stereocenters. The number of hydrogen-bond acceptors (Lipinski definition) is 2. The fourth-order valence-corrected chi connectivity index (χ4v) is 1.73. The summed E-state index contributed by atoms with van der Waals surface area (Å²) in [6.07, 6.45) is 2.37. The summed E-state index contributed by atoms with van der Waals surface area (Å²) in [6, 6.07) is 7.47. The molecule has 1 saturated carbocycles. The van der Waals surface area contributed by atoms with Crippen LogP contribution in [-0.4, -0.2) is 18.1 Å². The van der Waals surface area contributed by atoms with Crippen LogP contribution in [0.25, 0.3) is 0 Å². The number of benzene rings is 1. The van der Waals surface area contributed by atoms with Crippen LogP contribution in [-0.2, 0) is 4.79 Å². The standard InChI is InChI=1S/C13H16ClNO2/c1-2-12(13(16)15-10-6-7-10)17-11-5-3-4-9(14)8-11/h3-5,8,10,12H,2,6-7H2,1H3,(H,15,16)/t12-/m1/s1. The zero-order valence-electron chi connectivity index (χ0n) is 9.78. The van der Waals surface area contributed by atoms with Gasteiger partial charge in [-0.25, -0.2) is 0 Å². The second-order valence-corrected chi connectivity index (χ2v) is 4.69. The lowest BCUT2D eigenvalue weighted by Crippen LogP contribution is -2.39. The predicted octanol–water partition coefficient (Wildman–Crippen LogP) is 2.78. The fraction of sp³-hybridized carbons (Fsp3) is 0.462. The van der Waals surface area contributed by atoms with Gasteiger partial charge in [0, 0.05) is 11.1 Å². The van der Waals surface area contributed by atoms with Crippen LogP contribution in [0.4, 0.5) is 0 Å². The molecule has 0 spiro atoms. The number of carbonyl (C=O) groups is 1. The number of ether oxygens (including phenoxy) is 1. The Balaban J connectivity index is 1.95. The van der Waals surface area contributed by atoms with Gasteiger partial charge in [0.25, 0.3) is 5.91 Å². The van der Waals surface area contributed by atoms with Crippen molar-refractivity contribution in [3.05, 3.63) is 29.3 Å². The van der Waals surface area contributed by atoms with Crippen molar-refractivity contribution in [3.8, 4) is 5.75 Å². The summed E-state index contributed by atoms with van der Waals surface area (Å²) in [4.78, 5) is 11.8. The molecule has 2 rings (SSSR count). The van der Waals surface area contributed by atoms with Crippen LogP contribution >= 0.6 is 11.6 Å². The highest BCUT2D eigenvalue weighted by molar-refractivity contribution is 6.30. The van der Waals surface area contributed by atoms with Gasteiger partial charge in [-0.3, -0.25) is 4.79 Å². The molecular formula is C13H16ClNO2. The average Bonchev–Trinajstić information content (AvgIpc) is 3.09. The summed E-state index contributed by atoms with van der Waals surface area (Å²) in [6.45, 7) is 1.93. The van der Waals surface area contributed by atoms with E-state index in [-0.39, 0.29) is 5.91 Å². The fourth-order valence-electron chi connectivity index (χ4n) is 1.55. The van der Waals surface area contributed by atoms with E-state index < -0.39 is 6.10 Å².